The molecule has 0 amide bonds. The minimum Gasteiger partial charge on any atom is -0.456 e. The largest absolute Gasteiger partial charge is 0.456 e. The number of hydrogen-bond donors (Lipinski definition) is 0. The van der Waals surface area contributed by atoms with Gasteiger partial charge < -0.3 is 4.42 Å². The molecule has 0 aliphatic heterocycles. The molecule has 0 N–H and O–H groups in total. The van der Waals surface area contributed by atoms with Gasteiger partial charge in [-0.25, -0.2) is 15.0 Å². The van der Waals surface area contributed by atoms with Crippen molar-refractivity contribution < 1.29 is 4.42 Å². The summed E-state index contributed by atoms with van der Waals surface area (Å²) in [6.45, 7) is 0. The third-order valence-electron chi connectivity index (χ3n) is 11.8. The van der Waals surface area contributed by atoms with Crippen molar-refractivity contribution in [3.63, 3.8) is 0 Å². The Labute approximate surface area is 319 Å². The van der Waals surface area contributed by atoms with Crippen molar-refractivity contribution in [3.8, 4) is 11.4 Å². The van der Waals surface area contributed by atoms with Gasteiger partial charge in [0, 0.05) is 34.1 Å². The molecule has 0 spiro atoms. The number of aryl methyl sites for hydroxylation is 1. The average molecular weight is 708 g/mol. The summed E-state index contributed by atoms with van der Waals surface area (Å²) < 4.78 is 6.33. The minimum atomic E-state index is -0.100. The predicted octanol–water partition coefficient (Wildman–Crippen LogP) is 12.4. The van der Waals surface area contributed by atoms with E-state index in [0.717, 1.165) is 64.0 Å². The zero-order valence-electron chi connectivity index (χ0n) is 30.3. The van der Waals surface area contributed by atoms with E-state index in [1.165, 1.54) is 44.2 Å². The third kappa shape index (κ3) is 5.56. The van der Waals surface area contributed by atoms with E-state index in [4.69, 9.17) is 19.4 Å². The molecule has 11 rings (SSSR count). The van der Waals surface area contributed by atoms with Crippen LogP contribution in [0.15, 0.2) is 162 Å². The second kappa shape index (κ2) is 13.0. The van der Waals surface area contributed by atoms with Crippen LogP contribution >= 0.6 is 0 Å². The molecule has 3 aliphatic rings. The second-order valence-corrected chi connectivity index (χ2v) is 15.0. The van der Waals surface area contributed by atoms with E-state index in [1.54, 1.807) is 0 Å². The molecular formula is C51H37N3O. The Morgan fingerprint density at radius 3 is 2.27 bits per heavy atom. The van der Waals surface area contributed by atoms with Gasteiger partial charge in [0.1, 0.15) is 17.0 Å². The van der Waals surface area contributed by atoms with Gasteiger partial charge in [-0.3, -0.25) is 0 Å². The maximum atomic E-state index is 6.33. The van der Waals surface area contributed by atoms with Crippen molar-refractivity contribution in [2.75, 3.05) is 0 Å². The summed E-state index contributed by atoms with van der Waals surface area (Å²) in [4.78, 5) is 15.9. The second-order valence-electron chi connectivity index (χ2n) is 15.0. The van der Waals surface area contributed by atoms with Gasteiger partial charge in [-0.1, -0.05) is 152 Å². The van der Waals surface area contributed by atoms with E-state index in [1.807, 2.05) is 12.1 Å². The van der Waals surface area contributed by atoms with E-state index in [2.05, 4.69) is 158 Å². The standard InChI is InChI=1S/C51H37N3O/c1-2-12-36-30-37(26-22-32(36)10-1)33-20-24-35(25-21-33)49-52-50(39-28-29-41-38(31-39)27-23-34-11-3-4-13-40(34)41)54-51(53-49)44-15-6-5-14-42(44)43-17-9-19-47-48(43)45-16-7-8-18-46(45)55-47/h1-27,31,37,42,44H,28-30H2. The SMILES string of the molecule is C1=CC(c2nc(C3=Cc4ccc5ccccc5c4CC3)nc(-c3ccc(C4C=Cc5ccccc5C4)cc3)n2)C(c2cccc3oc4ccccc4c23)C=C1. The lowest BCUT2D eigenvalue weighted by atomic mass is 9.80. The number of fused-ring (bicyclic) bond motifs is 7. The summed E-state index contributed by atoms with van der Waals surface area (Å²) >= 11 is 0. The number of para-hydroxylation sites is 1. The monoisotopic (exact) mass is 707 g/mol. The van der Waals surface area contributed by atoms with Crippen LogP contribution in [0.5, 0.6) is 0 Å². The van der Waals surface area contributed by atoms with Gasteiger partial charge in [0.15, 0.2) is 11.6 Å². The van der Waals surface area contributed by atoms with Gasteiger partial charge in [-0.2, -0.15) is 0 Å². The molecule has 262 valence electrons. The number of rotatable bonds is 5. The Kier molecular flexibility index (Phi) is 7.54. The molecule has 3 aliphatic carbocycles. The molecule has 3 atom stereocenters. The summed E-state index contributed by atoms with van der Waals surface area (Å²) in [7, 11) is 0. The number of hydrogen-bond acceptors (Lipinski definition) is 4. The Morgan fingerprint density at radius 2 is 1.35 bits per heavy atom. The van der Waals surface area contributed by atoms with Gasteiger partial charge >= 0.3 is 0 Å². The van der Waals surface area contributed by atoms with Gasteiger partial charge in [0.05, 0.1) is 0 Å². The molecule has 0 radical (unpaired) electrons. The molecule has 0 bridgehead atoms. The van der Waals surface area contributed by atoms with Crippen LogP contribution in [0.3, 0.4) is 0 Å². The molecule has 0 saturated heterocycles. The highest BCUT2D eigenvalue weighted by Gasteiger charge is 2.29. The minimum absolute atomic E-state index is 0.00794. The normalized spacial score (nSPS) is 18.8. The molecule has 4 nitrogen and oxygen atoms in total. The van der Waals surface area contributed by atoms with Crippen molar-refractivity contribution in [1.29, 1.82) is 0 Å². The summed E-state index contributed by atoms with van der Waals surface area (Å²) in [6, 6.07) is 45.4. The summed E-state index contributed by atoms with van der Waals surface area (Å²) in [5.74, 6) is 2.47. The molecular weight excluding hydrogens is 671 g/mol. The van der Waals surface area contributed by atoms with E-state index in [-0.39, 0.29) is 11.8 Å². The molecule has 0 saturated carbocycles. The van der Waals surface area contributed by atoms with Crippen molar-refractivity contribution in [2.24, 2.45) is 0 Å². The Balaban J connectivity index is 1.03. The first kappa shape index (κ1) is 31.8. The van der Waals surface area contributed by atoms with E-state index in [9.17, 15) is 0 Å². The molecule has 6 aromatic carbocycles. The number of benzene rings is 6. The van der Waals surface area contributed by atoms with Gasteiger partial charge in [-0.05, 0) is 87.2 Å². The highest BCUT2D eigenvalue weighted by molar-refractivity contribution is 6.07. The summed E-state index contributed by atoms with van der Waals surface area (Å²) in [6.07, 6.45) is 18.5. The fourth-order valence-corrected chi connectivity index (χ4v) is 9.02. The lowest BCUT2D eigenvalue weighted by molar-refractivity contribution is 0.663. The van der Waals surface area contributed by atoms with Crippen LogP contribution in [-0.2, 0) is 12.8 Å². The van der Waals surface area contributed by atoms with Crippen molar-refractivity contribution in [1.82, 2.24) is 15.0 Å². The van der Waals surface area contributed by atoms with Gasteiger partial charge in [0.25, 0.3) is 0 Å². The number of nitrogens with zero attached hydrogens (tertiary/aromatic N) is 3. The van der Waals surface area contributed by atoms with E-state index >= 15 is 0 Å². The molecule has 4 heteroatoms. The van der Waals surface area contributed by atoms with E-state index < -0.39 is 0 Å². The molecule has 2 aromatic heterocycles. The first-order valence-corrected chi connectivity index (χ1v) is 19.3. The number of aromatic nitrogens is 3. The van der Waals surface area contributed by atoms with E-state index in [0.29, 0.717) is 11.7 Å². The zero-order chi connectivity index (χ0) is 36.3. The topological polar surface area (TPSA) is 51.8 Å². The Hall–Kier alpha value is -6.65. The highest BCUT2D eigenvalue weighted by atomic mass is 16.3. The summed E-state index contributed by atoms with van der Waals surface area (Å²) in [5.41, 5.74) is 11.8. The first-order chi connectivity index (χ1) is 27.2. The van der Waals surface area contributed by atoms with Crippen LogP contribution in [0.4, 0.5) is 0 Å². The smallest absolute Gasteiger partial charge is 0.163 e. The number of allylic oxidation sites excluding steroid dienone is 6. The van der Waals surface area contributed by atoms with Crippen LogP contribution in [-0.4, -0.2) is 15.0 Å². The average Bonchev–Trinajstić information content (AvgIpc) is 3.65. The fraction of sp³-hybridized carbons (Fsp3) is 0.118. The van der Waals surface area contributed by atoms with Crippen LogP contribution in [0.1, 0.15) is 69.2 Å². The van der Waals surface area contributed by atoms with Crippen molar-refractivity contribution >= 4 is 50.4 Å². The van der Waals surface area contributed by atoms with Crippen LogP contribution < -0.4 is 0 Å². The quantitative estimate of drug-likeness (QED) is 0.179. The zero-order valence-corrected chi connectivity index (χ0v) is 30.3. The lowest BCUT2D eigenvalue weighted by Crippen LogP contribution is -2.16. The molecule has 55 heavy (non-hydrogen) atoms. The molecule has 0 fully saturated rings. The van der Waals surface area contributed by atoms with Crippen molar-refractivity contribution in [2.45, 2.75) is 37.0 Å². The van der Waals surface area contributed by atoms with Crippen molar-refractivity contribution in [3.05, 3.63) is 203 Å². The van der Waals surface area contributed by atoms with Crippen LogP contribution in [0.25, 0.3) is 61.8 Å². The Bertz CT molecular complexity index is 2930. The van der Waals surface area contributed by atoms with Gasteiger partial charge in [-0.15, -0.1) is 0 Å². The van der Waals surface area contributed by atoms with Crippen LogP contribution in [0, 0.1) is 0 Å². The molecule has 2 heterocycles. The predicted molar refractivity (Wildman–Crippen MR) is 225 cm³/mol. The maximum absolute atomic E-state index is 6.33. The Morgan fingerprint density at radius 1 is 0.564 bits per heavy atom. The third-order valence-corrected chi connectivity index (χ3v) is 11.8. The summed E-state index contributed by atoms with van der Waals surface area (Å²) in [5, 5.41) is 4.88. The fourth-order valence-electron chi connectivity index (χ4n) is 9.02. The lowest BCUT2D eigenvalue weighted by Gasteiger charge is -2.25. The first-order valence-electron chi connectivity index (χ1n) is 19.3. The highest BCUT2D eigenvalue weighted by Crippen LogP contribution is 2.43. The van der Waals surface area contributed by atoms with Gasteiger partial charge in [0.2, 0.25) is 0 Å². The van der Waals surface area contributed by atoms with Crippen LogP contribution in [0.2, 0.25) is 0 Å². The maximum Gasteiger partial charge on any atom is 0.163 e. The molecule has 8 aromatic rings. The number of furan rings is 1. The molecule has 3 unspecified atom stereocenters.